The number of rotatable bonds is 5. The van der Waals surface area contributed by atoms with Crippen LogP contribution in [0.1, 0.15) is 17.3 Å². The minimum Gasteiger partial charge on any atom is -0.484 e. The third-order valence-electron chi connectivity index (χ3n) is 1.76. The van der Waals surface area contributed by atoms with Crippen LogP contribution in [0.5, 0.6) is 5.75 Å². The fraction of sp³-hybridized carbons (Fsp3) is 0.273. The van der Waals surface area contributed by atoms with Gasteiger partial charge in [0.05, 0.1) is 0 Å². The Balaban J connectivity index is 2.44. The quantitative estimate of drug-likeness (QED) is 0.733. The molecule has 1 rings (SSSR count). The van der Waals surface area contributed by atoms with E-state index in [1.807, 2.05) is 6.92 Å². The van der Waals surface area contributed by atoms with E-state index in [1.165, 1.54) is 0 Å². The SMILES string of the molecule is CCNC(=O)COc1ccc(C=O)cc1. The number of ether oxygens (including phenoxy) is 1. The standard InChI is InChI=1S/C11H13NO3/c1-2-12-11(14)8-15-10-5-3-9(7-13)4-6-10/h3-7H,2,8H2,1H3,(H,12,14). The van der Waals surface area contributed by atoms with E-state index in [1.54, 1.807) is 24.3 Å². The third kappa shape index (κ3) is 3.81. The first-order chi connectivity index (χ1) is 7.26. The van der Waals surface area contributed by atoms with Crippen molar-refractivity contribution in [2.24, 2.45) is 0 Å². The lowest BCUT2D eigenvalue weighted by Crippen LogP contribution is -2.28. The molecule has 0 aromatic heterocycles. The zero-order valence-electron chi connectivity index (χ0n) is 8.53. The number of carbonyl (C=O) groups excluding carboxylic acids is 2. The Hall–Kier alpha value is -1.84. The molecule has 80 valence electrons. The molecule has 0 aliphatic heterocycles. The molecule has 0 aliphatic rings. The van der Waals surface area contributed by atoms with Crippen LogP contribution in [0.4, 0.5) is 0 Å². The smallest absolute Gasteiger partial charge is 0.257 e. The van der Waals surface area contributed by atoms with Gasteiger partial charge in [0.1, 0.15) is 12.0 Å². The zero-order valence-corrected chi connectivity index (χ0v) is 8.53. The molecule has 4 nitrogen and oxygen atoms in total. The van der Waals surface area contributed by atoms with Crippen LogP contribution in [-0.4, -0.2) is 25.3 Å². The number of hydrogen-bond donors (Lipinski definition) is 1. The second-order valence-electron chi connectivity index (χ2n) is 2.93. The summed E-state index contributed by atoms with van der Waals surface area (Å²) in [6.07, 6.45) is 0.758. The molecule has 0 atom stereocenters. The second kappa shape index (κ2) is 5.80. The lowest BCUT2D eigenvalue weighted by atomic mass is 10.2. The van der Waals surface area contributed by atoms with Gasteiger partial charge in [-0.05, 0) is 31.2 Å². The normalized spacial score (nSPS) is 9.40. The summed E-state index contributed by atoms with van der Waals surface area (Å²) in [5, 5.41) is 2.62. The number of amides is 1. The van der Waals surface area contributed by atoms with Crippen molar-refractivity contribution in [2.45, 2.75) is 6.92 Å². The van der Waals surface area contributed by atoms with Crippen LogP contribution in [-0.2, 0) is 4.79 Å². The highest BCUT2D eigenvalue weighted by molar-refractivity contribution is 5.77. The summed E-state index contributed by atoms with van der Waals surface area (Å²) in [5.74, 6) is 0.420. The summed E-state index contributed by atoms with van der Waals surface area (Å²) in [6.45, 7) is 2.43. The van der Waals surface area contributed by atoms with Crippen LogP contribution in [0.15, 0.2) is 24.3 Å². The van der Waals surface area contributed by atoms with Gasteiger partial charge < -0.3 is 10.1 Å². The number of benzene rings is 1. The van der Waals surface area contributed by atoms with Gasteiger partial charge in [-0.2, -0.15) is 0 Å². The van der Waals surface area contributed by atoms with Gasteiger partial charge in [-0.15, -0.1) is 0 Å². The van der Waals surface area contributed by atoms with Gasteiger partial charge in [0, 0.05) is 12.1 Å². The van der Waals surface area contributed by atoms with Gasteiger partial charge in [-0.1, -0.05) is 0 Å². The molecular weight excluding hydrogens is 194 g/mol. The Morgan fingerprint density at radius 1 is 1.40 bits per heavy atom. The molecule has 0 unspecified atom stereocenters. The lowest BCUT2D eigenvalue weighted by molar-refractivity contribution is -0.122. The first-order valence-electron chi connectivity index (χ1n) is 4.71. The molecule has 1 aromatic carbocycles. The van der Waals surface area contributed by atoms with E-state index in [0.29, 0.717) is 17.9 Å². The van der Waals surface area contributed by atoms with Gasteiger partial charge in [-0.3, -0.25) is 9.59 Å². The van der Waals surface area contributed by atoms with E-state index in [9.17, 15) is 9.59 Å². The molecule has 1 N–H and O–H groups in total. The van der Waals surface area contributed by atoms with Gasteiger partial charge >= 0.3 is 0 Å². The Bertz CT molecular complexity index is 332. The Morgan fingerprint density at radius 2 is 2.07 bits per heavy atom. The molecule has 0 radical (unpaired) electrons. The van der Waals surface area contributed by atoms with Crippen molar-refractivity contribution in [3.8, 4) is 5.75 Å². The summed E-state index contributed by atoms with van der Waals surface area (Å²) in [5.41, 5.74) is 0.584. The van der Waals surface area contributed by atoms with Crippen molar-refractivity contribution in [3.05, 3.63) is 29.8 Å². The summed E-state index contributed by atoms with van der Waals surface area (Å²) < 4.78 is 5.19. The van der Waals surface area contributed by atoms with E-state index >= 15 is 0 Å². The summed E-state index contributed by atoms with van der Waals surface area (Å²) in [7, 11) is 0. The minimum atomic E-state index is -0.156. The van der Waals surface area contributed by atoms with Gasteiger partial charge in [0.25, 0.3) is 5.91 Å². The fourth-order valence-corrected chi connectivity index (χ4v) is 1.04. The first kappa shape index (κ1) is 11.2. The molecule has 0 spiro atoms. The van der Waals surface area contributed by atoms with Crippen LogP contribution in [0.2, 0.25) is 0 Å². The highest BCUT2D eigenvalue weighted by atomic mass is 16.5. The maximum Gasteiger partial charge on any atom is 0.257 e. The molecule has 15 heavy (non-hydrogen) atoms. The third-order valence-corrected chi connectivity index (χ3v) is 1.76. The molecule has 4 heteroatoms. The zero-order chi connectivity index (χ0) is 11.1. The maximum atomic E-state index is 11.0. The maximum absolute atomic E-state index is 11.0. The Morgan fingerprint density at radius 3 is 2.60 bits per heavy atom. The number of aldehydes is 1. The highest BCUT2D eigenvalue weighted by Gasteiger charge is 2.00. The predicted molar refractivity (Wildman–Crippen MR) is 56.0 cm³/mol. The van der Waals surface area contributed by atoms with Crippen molar-refractivity contribution < 1.29 is 14.3 Å². The summed E-state index contributed by atoms with van der Waals surface area (Å²) in [4.78, 5) is 21.4. The summed E-state index contributed by atoms with van der Waals surface area (Å²) >= 11 is 0. The topological polar surface area (TPSA) is 55.4 Å². The molecule has 0 saturated carbocycles. The number of nitrogens with one attached hydrogen (secondary N) is 1. The van der Waals surface area contributed by atoms with Gasteiger partial charge in [-0.25, -0.2) is 0 Å². The largest absolute Gasteiger partial charge is 0.484 e. The van der Waals surface area contributed by atoms with Crippen LogP contribution in [0.3, 0.4) is 0 Å². The van der Waals surface area contributed by atoms with E-state index in [2.05, 4.69) is 5.32 Å². The fourth-order valence-electron chi connectivity index (χ4n) is 1.04. The van der Waals surface area contributed by atoms with E-state index in [0.717, 1.165) is 6.29 Å². The first-order valence-corrected chi connectivity index (χ1v) is 4.71. The predicted octanol–water partition coefficient (Wildman–Crippen LogP) is 1.01. The molecule has 0 bridgehead atoms. The molecule has 0 saturated heterocycles. The van der Waals surface area contributed by atoms with E-state index < -0.39 is 0 Å². The van der Waals surface area contributed by atoms with Crippen LogP contribution in [0.25, 0.3) is 0 Å². The average Bonchev–Trinajstić information content (AvgIpc) is 2.27. The van der Waals surface area contributed by atoms with Gasteiger partial charge in [0.15, 0.2) is 6.61 Å². The highest BCUT2D eigenvalue weighted by Crippen LogP contribution is 2.10. The van der Waals surface area contributed by atoms with E-state index in [4.69, 9.17) is 4.74 Å². The van der Waals surface area contributed by atoms with Crippen molar-refractivity contribution in [1.82, 2.24) is 5.32 Å². The van der Waals surface area contributed by atoms with Crippen molar-refractivity contribution in [1.29, 1.82) is 0 Å². The number of hydrogen-bond acceptors (Lipinski definition) is 3. The molecule has 1 aromatic rings. The molecule has 0 aliphatic carbocycles. The number of likely N-dealkylation sites (N-methyl/N-ethyl adjacent to an activating group) is 1. The molecule has 0 fully saturated rings. The van der Waals surface area contributed by atoms with Crippen LogP contribution < -0.4 is 10.1 Å². The second-order valence-corrected chi connectivity index (χ2v) is 2.93. The van der Waals surface area contributed by atoms with Crippen molar-refractivity contribution >= 4 is 12.2 Å². The average molecular weight is 207 g/mol. The van der Waals surface area contributed by atoms with Gasteiger partial charge in [0.2, 0.25) is 0 Å². The minimum absolute atomic E-state index is 0.00568. The van der Waals surface area contributed by atoms with Crippen LogP contribution in [0, 0.1) is 0 Å². The lowest BCUT2D eigenvalue weighted by Gasteiger charge is -2.05. The molecule has 1 amide bonds. The monoisotopic (exact) mass is 207 g/mol. The van der Waals surface area contributed by atoms with Crippen LogP contribution >= 0.6 is 0 Å². The van der Waals surface area contributed by atoms with Crippen molar-refractivity contribution in [2.75, 3.05) is 13.2 Å². The molecule has 0 heterocycles. The number of carbonyl (C=O) groups is 2. The summed E-state index contributed by atoms with van der Waals surface area (Å²) in [6, 6.07) is 6.59. The molecular formula is C11H13NO3. The van der Waals surface area contributed by atoms with Crippen molar-refractivity contribution in [3.63, 3.8) is 0 Å². The van der Waals surface area contributed by atoms with E-state index in [-0.39, 0.29) is 12.5 Å². The Kier molecular flexibility index (Phi) is 4.34. The Labute approximate surface area is 88.2 Å².